The maximum Gasteiger partial charge on any atom is 0.228 e. The summed E-state index contributed by atoms with van der Waals surface area (Å²) < 4.78 is 0. The van der Waals surface area contributed by atoms with E-state index in [4.69, 9.17) is 0 Å². The first-order valence-electron chi connectivity index (χ1n) is 9.49. The van der Waals surface area contributed by atoms with Crippen LogP contribution in [0.15, 0.2) is 60.9 Å². The van der Waals surface area contributed by atoms with Crippen LogP contribution in [0.2, 0.25) is 0 Å². The van der Waals surface area contributed by atoms with E-state index >= 15 is 0 Å². The van der Waals surface area contributed by atoms with Crippen molar-refractivity contribution in [3.8, 4) is 0 Å². The molecule has 1 aromatic carbocycles. The molecule has 0 spiro atoms. The fourth-order valence-corrected chi connectivity index (χ4v) is 3.56. The lowest BCUT2D eigenvalue weighted by Crippen LogP contribution is -2.51. The van der Waals surface area contributed by atoms with Crippen LogP contribution >= 0.6 is 0 Å². The molecule has 6 nitrogen and oxygen atoms in total. The summed E-state index contributed by atoms with van der Waals surface area (Å²) in [6.45, 7) is 2.24. The molecule has 0 aliphatic carbocycles. The average molecular weight is 374 g/mol. The van der Waals surface area contributed by atoms with E-state index in [2.05, 4.69) is 9.97 Å². The number of amides is 2. The predicted molar refractivity (Wildman–Crippen MR) is 107 cm³/mol. The van der Waals surface area contributed by atoms with Crippen LogP contribution in [0.5, 0.6) is 0 Å². The fourth-order valence-electron chi connectivity index (χ4n) is 3.56. The number of carbonyl (C=O) groups is 2. The third kappa shape index (κ3) is 4.01. The van der Waals surface area contributed by atoms with E-state index in [1.807, 2.05) is 58.3 Å². The Labute approximate surface area is 163 Å². The minimum Gasteiger partial charge on any atom is -0.339 e. The molecule has 3 aromatic rings. The molecule has 28 heavy (non-hydrogen) atoms. The summed E-state index contributed by atoms with van der Waals surface area (Å²) in [7, 11) is 0. The maximum atomic E-state index is 12.8. The maximum absolute atomic E-state index is 12.8. The molecule has 6 heteroatoms. The largest absolute Gasteiger partial charge is 0.339 e. The number of hydrogen-bond donors (Lipinski definition) is 0. The van der Waals surface area contributed by atoms with E-state index in [0.717, 1.165) is 22.2 Å². The van der Waals surface area contributed by atoms with Gasteiger partial charge in [-0.25, -0.2) is 0 Å². The Kier molecular flexibility index (Phi) is 5.28. The summed E-state index contributed by atoms with van der Waals surface area (Å²) in [5.41, 5.74) is 2.59. The molecule has 142 valence electrons. The molecular formula is C22H22N4O2. The Balaban J connectivity index is 1.34. The molecule has 2 aromatic heterocycles. The summed E-state index contributed by atoms with van der Waals surface area (Å²) in [6, 6.07) is 15.4. The Morgan fingerprint density at radius 1 is 0.750 bits per heavy atom. The zero-order valence-electron chi connectivity index (χ0n) is 15.6. The molecule has 1 saturated heterocycles. The van der Waals surface area contributed by atoms with E-state index in [-0.39, 0.29) is 11.8 Å². The van der Waals surface area contributed by atoms with Gasteiger partial charge in [-0.3, -0.25) is 19.6 Å². The van der Waals surface area contributed by atoms with Crippen molar-refractivity contribution >= 4 is 22.7 Å². The van der Waals surface area contributed by atoms with Crippen LogP contribution in [0.1, 0.15) is 11.3 Å². The van der Waals surface area contributed by atoms with Gasteiger partial charge in [-0.05, 0) is 23.8 Å². The van der Waals surface area contributed by atoms with Crippen molar-refractivity contribution in [3.05, 3.63) is 72.2 Å². The van der Waals surface area contributed by atoms with Gasteiger partial charge >= 0.3 is 0 Å². The lowest BCUT2D eigenvalue weighted by atomic mass is 10.1. The van der Waals surface area contributed by atoms with Gasteiger partial charge < -0.3 is 9.80 Å². The van der Waals surface area contributed by atoms with Gasteiger partial charge in [0.05, 0.1) is 18.4 Å². The van der Waals surface area contributed by atoms with Crippen LogP contribution in [0.25, 0.3) is 10.9 Å². The third-order valence-corrected chi connectivity index (χ3v) is 5.10. The molecule has 4 rings (SSSR count). The molecule has 1 aliphatic rings. The van der Waals surface area contributed by atoms with Crippen molar-refractivity contribution in [1.29, 1.82) is 0 Å². The normalized spacial score (nSPS) is 14.3. The second-order valence-corrected chi connectivity index (χ2v) is 6.93. The van der Waals surface area contributed by atoms with Crippen molar-refractivity contribution < 1.29 is 9.59 Å². The second kappa shape index (κ2) is 8.17. The lowest BCUT2D eigenvalue weighted by molar-refractivity contribution is -0.138. The van der Waals surface area contributed by atoms with E-state index in [0.29, 0.717) is 39.0 Å². The molecule has 2 amide bonds. The molecule has 3 heterocycles. The Morgan fingerprint density at radius 2 is 1.43 bits per heavy atom. The standard InChI is InChI=1S/C22H22N4O2/c27-20(15-18-6-3-5-17-7-4-10-24-22(17)18)25-11-13-26(14-12-25)21(28)16-19-8-1-2-9-23-19/h1-10H,11-16H2. The van der Waals surface area contributed by atoms with Crippen LogP contribution < -0.4 is 0 Å². The number of hydrogen-bond acceptors (Lipinski definition) is 4. The number of benzene rings is 1. The van der Waals surface area contributed by atoms with Crippen LogP contribution in [0.4, 0.5) is 0 Å². The smallest absolute Gasteiger partial charge is 0.228 e. The van der Waals surface area contributed by atoms with Crippen molar-refractivity contribution in [3.63, 3.8) is 0 Å². The van der Waals surface area contributed by atoms with Gasteiger partial charge in [-0.2, -0.15) is 0 Å². The second-order valence-electron chi connectivity index (χ2n) is 6.93. The number of rotatable bonds is 4. The van der Waals surface area contributed by atoms with Crippen molar-refractivity contribution in [2.75, 3.05) is 26.2 Å². The molecule has 0 unspecified atom stereocenters. The molecular weight excluding hydrogens is 352 g/mol. The van der Waals surface area contributed by atoms with Gasteiger partial charge in [0.25, 0.3) is 0 Å². The Morgan fingerprint density at radius 3 is 2.14 bits per heavy atom. The number of aromatic nitrogens is 2. The van der Waals surface area contributed by atoms with Crippen molar-refractivity contribution in [1.82, 2.24) is 19.8 Å². The highest BCUT2D eigenvalue weighted by Gasteiger charge is 2.24. The van der Waals surface area contributed by atoms with Gasteiger partial charge in [0, 0.05) is 49.7 Å². The Bertz CT molecular complexity index is 977. The highest BCUT2D eigenvalue weighted by molar-refractivity contribution is 5.87. The topological polar surface area (TPSA) is 66.4 Å². The molecule has 0 N–H and O–H groups in total. The summed E-state index contributed by atoms with van der Waals surface area (Å²) >= 11 is 0. The Hall–Kier alpha value is -3.28. The van der Waals surface area contributed by atoms with Crippen molar-refractivity contribution in [2.24, 2.45) is 0 Å². The van der Waals surface area contributed by atoms with Gasteiger partial charge in [0.2, 0.25) is 11.8 Å². The number of nitrogens with zero attached hydrogens (tertiary/aromatic N) is 4. The van der Waals surface area contributed by atoms with Crippen molar-refractivity contribution in [2.45, 2.75) is 12.8 Å². The van der Waals surface area contributed by atoms with Gasteiger partial charge in [0.1, 0.15) is 0 Å². The van der Waals surface area contributed by atoms with E-state index in [1.165, 1.54) is 0 Å². The summed E-state index contributed by atoms with van der Waals surface area (Å²) in [4.78, 5) is 37.5. The number of pyridine rings is 2. The van der Waals surface area contributed by atoms with Gasteiger partial charge in [-0.1, -0.05) is 30.3 Å². The SMILES string of the molecule is O=C(Cc1ccccn1)N1CCN(C(=O)Cc2cccc3cccnc23)CC1. The number of piperazine rings is 1. The molecule has 0 radical (unpaired) electrons. The van der Waals surface area contributed by atoms with Gasteiger partial charge in [0.15, 0.2) is 0 Å². The summed E-state index contributed by atoms with van der Waals surface area (Å²) in [5, 5.41) is 1.04. The first kappa shape index (κ1) is 18.1. The molecule has 0 saturated carbocycles. The first-order valence-corrected chi connectivity index (χ1v) is 9.49. The number of fused-ring (bicyclic) bond motifs is 1. The number of carbonyl (C=O) groups excluding carboxylic acids is 2. The monoisotopic (exact) mass is 374 g/mol. The van der Waals surface area contributed by atoms with E-state index in [1.54, 1.807) is 12.4 Å². The van der Waals surface area contributed by atoms with Crippen LogP contribution in [0, 0.1) is 0 Å². The average Bonchev–Trinajstić information content (AvgIpc) is 2.75. The van der Waals surface area contributed by atoms with Crippen LogP contribution in [-0.4, -0.2) is 57.8 Å². The van der Waals surface area contributed by atoms with Crippen LogP contribution in [0.3, 0.4) is 0 Å². The lowest BCUT2D eigenvalue weighted by Gasteiger charge is -2.35. The van der Waals surface area contributed by atoms with Gasteiger partial charge in [-0.15, -0.1) is 0 Å². The molecule has 1 fully saturated rings. The quantitative estimate of drug-likeness (QED) is 0.701. The minimum absolute atomic E-state index is 0.0593. The highest BCUT2D eigenvalue weighted by atomic mass is 16.2. The predicted octanol–water partition coefficient (Wildman–Crippen LogP) is 2.09. The van der Waals surface area contributed by atoms with E-state index in [9.17, 15) is 9.59 Å². The highest BCUT2D eigenvalue weighted by Crippen LogP contribution is 2.17. The summed E-state index contributed by atoms with van der Waals surface area (Å²) in [6.07, 6.45) is 4.08. The zero-order chi connectivity index (χ0) is 19.3. The summed E-state index contributed by atoms with van der Waals surface area (Å²) in [5.74, 6) is 0.138. The molecule has 0 bridgehead atoms. The van der Waals surface area contributed by atoms with Crippen LogP contribution in [-0.2, 0) is 22.4 Å². The first-order chi connectivity index (χ1) is 13.7. The fraction of sp³-hybridized carbons (Fsp3) is 0.273. The molecule has 1 aliphatic heterocycles. The zero-order valence-corrected chi connectivity index (χ0v) is 15.6. The third-order valence-electron chi connectivity index (χ3n) is 5.10. The minimum atomic E-state index is 0.0593. The van der Waals surface area contributed by atoms with E-state index < -0.39 is 0 Å². The number of para-hydroxylation sites is 1. The molecule has 0 atom stereocenters.